The van der Waals surface area contributed by atoms with Crippen molar-refractivity contribution in [1.29, 1.82) is 0 Å². The van der Waals surface area contributed by atoms with E-state index in [2.05, 4.69) is 25.9 Å². The standard InChI is InChI=1S/C13H18N6O2/c1-8-5-11(18-21-8)17-13(20)9(2)16-10-3-4-12-14-7-15-19(12)6-10/h5,7,9-10,16H,3-4,6H2,1-2H3,(H,17,18,20)/t9-,10+/m0/s1. The number of rotatable bonds is 4. The fourth-order valence-electron chi connectivity index (χ4n) is 2.46. The SMILES string of the molecule is Cc1cc(NC(=O)[C@H](C)N[C@@H]2CCc3ncnn3C2)no1. The molecule has 1 amide bonds. The normalized spacial score (nSPS) is 19.0. The van der Waals surface area contributed by atoms with Crippen molar-refractivity contribution < 1.29 is 9.32 Å². The first-order valence-electron chi connectivity index (χ1n) is 6.99. The largest absolute Gasteiger partial charge is 0.360 e. The van der Waals surface area contributed by atoms with Crippen LogP contribution in [0.25, 0.3) is 0 Å². The molecule has 0 saturated carbocycles. The molecule has 8 nitrogen and oxygen atoms in total. The van der Waals surface area contributed by atoms with Gasteiger partial charge in [-0.3, -0.25) is 4.79 Å². The third kappa shape index (κ3) is 3.10. The molecule has 0 aromatic carbocycles. The van der Waals surface area contributed by atoms with Gasteiger partial charge in [-0.25, -0.2) is 9.67 Å². The highest BCUT2D eigenvalue weighted by Crippen LogP contribution is 2.12. The van der Waals surface area contributed by atoms with E-state index in [4.69, 9.17) is 4.52 Å². The lowest BCUT2D eigenvalue weighted by Gasteiger charge is -2.26. The van der Waals surface area contributed by atoms with E-state index in [1.807, 2.05) is 11.6 Å². The molecule has 2 N–H and O–H groups in total. The number of nitrogens with one attached hydrogen (secondary N) is 2. The molecule has 2 atom stereocenters. The highest BCUT2D eigenvalue weighted by atomic mass is 16.5. The van der Waals surface area contributed by atoms with Gasteiger partial charge in [-0.05, 0) is 20.3 Å². The zero-order valence-corrected chi connectivity index (χ0v) is 12.0. The van der Waals surface area contributed by atoms with E-state index in [0.29, 0.717) is 11.6 Å². The highest BCUT2D eigenvalue weighted by Gasteiger charge is 2.23. The van der Waals surface area contributed by atoms with Gasteiger partial charge in [0.2, 0.25) is 5.91 Å². The number of hydrogen-bond donors (Lipinski definition) is 2. The molecule has 0 fully saturated rings. The Labute approximate surface area is 121 Å². The Hall–Kier alpha value is -2.22. The predicted molar refractivity (Wildman–Crippen MR) is 74.6 cm³/mol. The first-order chi connectivity index (χ1) is 10.1. The summed E-state index contributed by atoms with van der Waals surface area (Å²) < 4.78 is 6.80. The van der Waals surface area contributed by atoms with Crippen molar-refractivity contribution >= 4 is 11.7 Å². The van der Waals surface area contributed by atoms with E-state index >= 15 is 0 Å². The average molecular weight is 290 g/mol. The fourth-order valence-corrected chi connectivity index (χ4v) is 2.46. The number of amides is 1. The topological polar surface area (TPSA) is 97.9 Å². The van der Waals surface area contributed by atoms with Crippen LogP contribution in [0.15, 0.2) is 16.9 Å². The van der Waals surface area contributed by atoms with Crippen molar-refractivity contribution in [2.75, 3.05) is 5.32 Å². The summed E-state index contributed by atoms with van der Waals surface area (Å²) in [5.74, 6) is 1.97. The summed E-state index contributed by atoms with van der Waals surface area (Å²) in [4.78, 5) is 16.3. The molecule has 0 aliphatic carbocycles. The number of aromatic nitrogens is 4. The molecule has 3 heterocycles. The number of aryl methyl sites for hydroxylation is 2. The minimum atomic E-state index is -0.322. The first-order valence-corrected chi connectivity index (χ1v) is 6.99. The summed E-state index contributed by atoms with van der Waals surface area (Å²) >= 11 is 0. The van der Waals surface area contributed by atoms with Gasteiger partial charge in [-0.2, -0.15) is 5.10 Å². The van der Waals surface area contributed by atoms with Crippen LogP contribution in [0.5, 0.6) is 0 Å². The van der Waals surface area contributed by atoms with Crippen LogP contribution in [0, 0.1) is 6.92 Å². The summed E-state index contributed by atoms with van der Waals surface area (Å²) in [6.07, 6.45) is 3.38. The number of nitrogens with zero attached hydrogens (tertiary/aromatic N) is 4. The maximum Gasteiger partial charge on any atom is 0.242 e. The van der Waals surface area contributed by atoms with Crippen molar-refractivity contribution in [2.45, 2.75) is 45.3 Å². The van der Waals surface area contributed by atoms with Crippen LogP contribution in [0.2, 0.25) is 0 Å². The van der Waals surface area contributed by atoms with E-state index < -0.39 is 0 Å². The maximum absolute atomic E-state index is 12.1. The number of anilines is 1. The van der Waals surface area contributed by atoms with Crippen molar-refractivity contribution in [3.8, 4) is 0 Å². The Bertz CT molecular complexity index is 634. The monoisotopic (exact) mass is 290 g/mol. The molecule has 0 spiro atoms. The molecule has 0 unspecified atom stereocenters. The van der Waals surface area contributed by atoms with E-state index in [0.717, 1.165) is 25.2 Å². The highest BCUT2D eigenvalue weighted by molar-refractivity contribution is 5.93. The second kappa shape index (κ2) is 5.65. The van der Waals surface area contributed by atoms with Gasteiger partial charge in [-0.15, -0.1) is 0 Å². The molecular weight excluding hydrogens is 272 g/mol. The Morgan fingerprint density at radius 1 is 1.57 bits per heavy atom. The summed E-state index contributed by atoms with van der Waals surface area (Å²) in [6, 6.07) is 1.57. The molecule has 0 radical (unpaired) electrons. The maximum atomic E-state index is 12.1. The number of carbonyl (C=O) groups is 1. The van der Waals surface area contributed by atoms with Crippen LogP contribution in [0.4, 0.5) is 5.82 Å². The Morgan fingerprint density at radius 2 is 2.43 bits per heavy atom. The van der Waals surface area contributed by atoms with Crippen LogP contribution in [0.1, 0.15) is 24.9 Å². The molecular formula is C13H18N6O2. The molecule has 0 bridgehead atoms. The number of fused-ring (bicyclic) bond motifs is 1. The molecule has 112 valence electrons. The zero-order valence-electron chi connectivity index (χ0n) is 12.0. The summed E-state index contributed by atoms with van der Waals surface area (Å²) in [5.41, 5.74) is 0. The van der Waals surface area contributed by atoms with E-state index in [-0.39, 0.29) is 18.0 Å². The Morgan fingerprint density at radius 3 is 3.19 bits per heavy atom. The smallest absolute Gasteiger partial charge is 0.242 e. The first kappa shape index (κ1) is 13.7. The molecule has 2 aromatic heterocycles. The summed E-state index contributed by atoms with van der Waals surface area (Å²) in [7, 11) is 0. The fraction of sp³-hybridized carbons (Fsp3) is 0.538. The second-order valence-corrected chi connectivity index (χ2v) is 5.29. The van der Waals surface area contributed by atoms with Gasteiger partial charge in [0, 0.05) is 18.5 Å². The van der Waals surface area contributed by atoms with Crippen LogP contribution in [-0.4, -0.2) is 37.9 Å². The minimum Gasteiger partial charge on any atom is -0.360 e. The van der Waals surface area contributed by atoms with Crippen LogP contribution in [0.3, 0.4) is 0 Å². The van der Waals surface area contributed by atoms with Crippen LogP contribution >= 0.6 is 0 Å². The summed E-state index contributed by atoms with van der Waals surface area (Å²) in [5, 5.41) is 14.0. The van der Waals surface area contributed by atoms with Gasteiger partial charge in [0.05, 0.1) is 12.6 Å². The predicted octanol–water partition coefficient (Wildman–Crippen LogP) is 0.506. The van der Waals surface area contributed by atoms with Crippen LogP contribution < -0.4 is 10.6 Å². The van der Waals surface area contributed by atoms with E-state index in [9.17, 15) is 4.79 Å². The van der Waals surface area contributed by atoms with Gasteiger partial charge in [0.1, 0.15) is 17.9 Å². The van der Waals surface area contributed by atoms with Crippen molar-refractivity contribution in [3.63, 3.8) is 0 Å². The Kier molecular flexibility index (Phi) is 3.70. The average Bonchev–Trinajstić information content (AvgIpc) is 3.07. The molecule has 1 aliphatic rings. The Balaban J connectivity index is 1.54. The molecule has 2 aromatic rings. The third-order valence-corrected chi connectivity index (χ3v) is 3.56. The van der Waals surface area contributed by atoms with Gasteiger partial charge < -0.3 is 15.2 Å². The lowest BCUT2D eigenvalue weighted by molar-refractivity contribution is -0.118. The number of carbonyl (C=O) groups excluding carboxylic acids is 1. The zero-order chi connectivity index (χ0) is 14.8. The lowest BCUT2D eigenvalue weighted by Crippen LogP contribution is -2.47. The van der Waals surface area contributed by atoms with Crippen LogP contribution in [-0.2, 0) is 17.8 Å². The number of hydrogen-bond acceptors (Lipinski definition) is 6. The molecule has 8 heteroatoms. The minimum absolute atomic E-state index is 0.132. The van der Waals surface area contributed by atoms with E-state index in [1.165, 1.54) is 0 Å². The van der Waals surface area contributed by atoms with E-state index in [1.54, 1.807) is 19.3 Å². The molecule has 21 heavy (non-hydrogen) atoms. The van der Waals surface area contributed by atoms with Gasteiger partial charge in [-0.1, -0.05) is 5.16 Å². The molecule has 3 rings (SSSR count). The summed E-state index contributed by atoms with van der Waals surface area (Å²) in [6.45, 7) is 4.34. The van der Waals surface area contributed by atoms with Crippen molar-refractivity contribution in [1.82, 2.24) is 25.2 Å². The molecule has 1 aliphatic heterocycles. The van der Waals surface area contributed by atoms with Crippen molar-refractivity contribution in [3.05, 3.63) is 24.0 Å². The van der Waals surface area contributed by atoms with Crippen molar-refractivity contribution in [2.24, 2.45) is 0 Å². The lowest BCUT2D eigenvalue weighted by atomic mass is 10.1. The van der Waals surface area contributed by atoms with Gasteiger partial charge in [0.15, 0.2) is 5.82 Å². The quantitative estimate of drug-likeness (QED) is 0.851. The van der Waals surface area contributed by atoms with Gasteiger partial charge >= 0.3 is 0 Å². The third-order valence-electron chi connectivity index (χ3n) is 3.56. The molecule has 0 saturated heterocycles. The van der Waals surface area contributed by atoms with Gasteiger partial charge in [0.25, 0.3) is 0 Å². The second-order valence-electron chi connectivity index (χ2n) is 5.29.